The zero-order valence-corrected chi connectivity index (χ0v) is 15.0. The summed E-state index contributed by atoms with van der Waals surface area (Å²) >= 11 is 0. The molecule has 2 aliphatic rings. The van der Waals surface area contributed by atoms with Crippen LogP contribution >= 0.6 is 12.4 Å². The van der Waals surface area contributed by atoms with Crippen LogP contribution in [0.5, 0.6) is 0 Å². The van der Waals surface area contributed by atoms with Crippen LogP contribution < -0.4 is 10.6 Å². The number of nitrogens with one attached hydrogen (secondary N) is 2. The number of ether oxygens (including phenoxy) is 1. The van der Waals surface area contributed by atoms with Crippen molar-refractivity contribution in [1.29, 1.82) is 0 Å². The Kier molecular flexibility index (Phi) is 8.29. The van der Waals surface area contributed by atoms with Crippen molar-refractivity contribution < 1.29 is 14.3 Å². The van der Waals surface area contributed by atoms with Gasteiger partial charge in [0.2, 0.25) is 11.8 Å². The number of rotatable bonds is 5. The van der Waals surface area contributed by atoms with Crippen LogP contribution in [0, 0.1) is 11.3 Å². The fourth-order valence-electron chi connectivity index (χ4n) is 3.53. The maximum absolute atomic E-state index is 12.4. The minimum atomic E-state index is -0.0704. The predicted molar refractivity (Wildman–Crippen MR) is 91.6 cm³/mol. The highest BCUT2D eigenvalue weighted by molar-refractivity contribution is 5.85. The Morgan fingerprint density at radius 1 is 1.35 bits per heavy atom. The van der Waals surface area contributed by atoms with Gasteiger partial charge in [0.05, 0.1) is 12.5 Å². The summed E-state index contributed by atoms with van der Waals surface area (Å²) < 4.78 is 5.38. The van der Waals surface area contributed by atoms with E-state index in [9.17, 15) is 9.59 Å². The quantitative estimate of drug-likeness (QED) is 0.771. The number of carbonyl (C=O) groups excluding carboxylic acids is 2. The highest BCUT2D eigenvalue weighted by Gasteiger charge is 2.34. The number of piperidine rings is 2. The lowest BCUT2D eigenvalue weighted by Gasteiger charge is -2.38. The summed E-state index contributed by atoms with van der Waals surface area (Å²) in [6.45, 7) is 6.19. The molecule has 23 heavy (non-hydrogen) atoms. The molecule has 0 saturated carbocycles. The summed E-state index contributed by atoms with van der Waals surface area (Å²) in [5, 5.41) is 6.48. The summed E-state index contributed by atoms with van der Waals surface area (Å²) in [6, 6.07) is 0. The molecule has 2 fully saturated rings. The molecule has 0 aliphatic carbocycles. The number of amides is 2. The molecule has 0 aromatic heterocycles. The molecule has 134 valence electrons. The molecule has 1 unspecified atom stereocenters. The normalized spacial score (nSPS) is 23.7. The van der Waals surface area contributed by atoms with E-state index in [1.165, 1.54) is 0 Å². The third kappa shape index (κ3) is 5.62. The molecule has 2 saturated heterocycles. The van der Waals surface area contributed by atoms with Gasteiger partial charge < -0.3 is 20.3 Å². The van der Waals surface area contributed by atoms with Gasteiger partial charge in [-0.1, -0.05) is 0 Å². The van der Waals surface area contributed by atoms with Crippen LogP contribution in [0.3, 0.4) is 0 Å². The third-order valence-electron chi connectivity index (χ3n) is 4.99. The Hall–Kier alpha value is -0.850. The molecule has 2 heterocycles. The van der Waals surface area contributed by atoms with Gasteiger partial charge in [0.25, 0.3) is 0 Å². The standard InChI is InChI=1S/C16H29N3O3.ClH/c1-13(20)19-9-3-4-14(10-19)15(21)18-11-16(12-22-2)5-7-17-8-6-16;/h14,17H,3-12H2,1-2H3,(H,18,21);1H. The average Bonchev–Trinajstić information content (AvgIpc) is 2.54. The van der Waals surface area contributed by atoms with Gasteiger partial charge in [0.1, 0.15) is 0 Å². The fraction of sp³-hybridized carbons (Fsp3) is 0.875. The number of hydrogen-bond donors (Lipinski definition) is 2. The highest BCUT2D eigenvalue weighted by atomic mass is 35.5. The van der Waals surface area contributed by atoms with Gasteiger partial charge in [0.15, 0.2) is 0 Å². The molecular weight excluding hydrogens is 318 g/mol. The first-order valence-corrected chi connectivity index (χ1v) is 8.29. The van der Waals surface area contributed by atoms with Crippen LogP contribution in [0.4, 0.5) is 0 Å². The maximum Gasteiger partial charge on any atom is 0.224 e. The van der Waals surface area contributed by atoms with E-state index < -0.39 is 0 Å². The molecule has 2 N–H and O–H groups in total. The van der Waals surface area contributed by atoms with E-state index in [1.807, 2.05) is 0 Å². The van der Waals surface area contributed by atoms with Gasteiger partial charge in [-0.2, -0.15) is 0 Å². The minimum absolute atomic E-state index is 0. The Labute approximate surface area is 145 Å². The number of halogens is 1. The summed E-state index contributed by atoms with van der Waals surface area (Å²) in [5.74, 6) is 0.0747. The Balaban J connectivity index is 0.00000264. The van der Waals surface area contributed by atoms with Crippen molar-refractivity contribution in [2.45, 2.75) is 32.6 Å². The first kappa shape index (κ1) is 20.2. The summed E-state index contributed by atoms with van der Waals surface area (Å²) in [5.41, 5.74) is 0.0462. The van der Waals surface area contributed by atoms with Crippen LogP contribution in [0.25, 0.3) is 0 Å². The van der Waals surface area contributed by atoms with Crippen LogP contribution in [-0.2, 0) is 14.3 Å². The molecule has 2 rings (SSSR count). The van der Waals surface area contributed by atoms with E-state index in [0.29, 0.717) is 19.7 Å². The van der Waals surface area contributed by atoms with Crippen molar-refractivity contribution in [3.8, 4) is 0 Å². The molecule has 2 aliphatic heterocycles. The van der Waals surface area contributed by atoms with Gasteiger partial charge in [-0.05, 0) is 38.8 Å². The van der Waals surface area contributed by atoms with E-state index in [0.717, 1.165) is 45.3 Å². The summed E-state index contributed by atoms with van der Waals surface area (Å²) in [7, 11) is 1.72. The lowest BCUT2D eigenvalue weighted by molar-refractivity contribution is -0.134. The molecule has 7 heteroatoms. The Morgan fingerprint density at radius 2 is 2.04 bits per heavy atom. The minimum Gasteiger partial charge on any atom is -0.384 e. The molecule has 0 radical (unpaired) electrons. The van der Waals surface area contributed by atoms with Crippen molar-refractivity contribution in [1.82, 2.24) is 15.5 Å². The number of hydrogen-bond acceptors (Lipinski definition) is 4. The lowest BCUT2D eigenvalue weighted by atomic mass is 9.79. The second-order valence-electron chi connectivity index (χ2n) is 6.71. The largest absolute Gasteiger partial charge is 0.384 e. The Bertz CT molecular complexity index is 395. The molecule has 2 amide bonds. The zero-order chi connectivity index (χ0) is 16.0. The summed E-state index contributed by atoms with van der Waals surface area (Å²) in [6.07, 6.45) is 3.82. The Morgan fingerprint density at radius 3 is 2.65 bits per heavy atom. The van der Waals surface area contributed by atoms with Gasteiger partial charge in [-0.15, -0.1) is 12.4 Å². The van der Waals surface area contributed by atoms with Gasteiger partial charge >= 0.3 is 0 Å². The molecule has 1 atom stereocenters. The topological polar surface area (TPSA) is 70.7 Å². The number of methoxy groups -OCH3 is 1. The SMILES string of the molecule is COCC1(CNC(=O)C2CCCN(C(C)=O)C2)CCNCC1.Cl. The predicted octanol–water partition coefficient (Wildman–Crippen LogP) is 0.799. The third-order valence-corrected chi connectivity index (χ3v) is 4.99. The highest BCUT2D eigenvalue weighted by Crippen LogP contribution is 2.28. The molecule has 6 nitrogen and oxygen atoms in total. The number of likely N-dealkylation sites (tertiary alicyclic amines) is 1. The molecule has 0 spiro atoms. The smallest absolute Gasteiger partial charge is 0.224 e. The van der Waals surface area contributed by atoms with Crippen LogP contribution in [0.15, 0.2) is 0 Å². The molecule has 0 aromatic carbocycles. The fourth-order valence-corrected chi connectivity index (χ4v) is 3.53. The van der Waals surface area contributed by atoms with E-state index in [-0.39, 0.29) is 35.6 Å². The second kappa shape index (κ2) is 9.45. The maximum atomic E-state index is 12.4. The van der Waals surface area contributed by atoms with Crippen molar-refractivity contribution >= 4 is 24.2 Å². The van der Waals surface area contributed by atoms with Crippen molar-refractivity contribution in [3.63, 3.8) is 0 Å². The first-order valence-electron chi connectivity index (χ1n) is 8.29. The average molecular weight is 348 g/mol. The molecular formula is C16H30ClN3O3. The van der Waals surface area contributed by atoms with E-state index in [4.69, 9.17) is 4.74 Å². The monoisotopic (exact) mass is 347 g/mol. The number of nitrogens with zero attached hydrogens (tertiary/aromatic N) is 1. The van der Waals surface area contributed by atoms with Crippen molar-refractivity contribution in [3.05, 3.63) is 0 Å². The van der Waals surface area contributed by atoms with Crippen LogP contribution in [0.1, 0.15) is 32.6 Å². The van der Waals surface area contributed by atoms with Gasteiger partial charge in [-0.25, -0.2) is 0 Å². The van der Waals surface area contributed by atoms with E-state index in [1.54, 1.807) is 18.9 Å². The first-order chi connectivity index (χ1) is 10.6. The van der Waals surface area contributed by atoms with E-state index in [2.05, 4.69) is 10.6 Å². The van der Waals surface area contributed by atoms with E-state index >= 15 is 0 Å². The van der Waals surface area contributed by atoms with Crippen molar-refractivity contribution in [2.24, 2.45) is 11.3 Å². The van der Waals surface area contributed by atoms with Gasteiger partial charge in [0, 0.05) is 39.1 Å². The molecule has 0 aromatic rings. The van der Waals surface area contributed by atoms with Crippen LogP contribution in [0.2, 0.25) is 0 Å². The summed E-state index contributed by atoms with van der Waals surface area (Å²) in [4.78, 5) is 25.7. The lowest BCUT2D eigenvalue weighted by Crippen LogP contribution is -2.50. The van der Waals surface area contributed by atoms with Crippen molar-refractivity contribution in [2.75, 3.05) is 46.4 Å². The van der Waals surface area contributed by atoms with Crippen LogP contribution in [-0.4, -0.2) is 63.2 Å². The zero-order valence-electron chi connectivity index (χ0n) is 14.2. The number of carbonyl (C=O) groups is 2. The second-order valence-corrected chi connectivity index (χ2v) is 6.71. The molecule has 0 bridgehead atoms. The van der Waals surface area contributed by atoms with Gasteiger partial charge in [-0.3, -0.25) is 9.59 Å².